The van der Waals surface area contributed by atoms with E-state index < -0.39 is 0 Å². The number of hydrogen-bond acceptors (Lipinski definition) is 2. The van der Waals surface area contributed by atoms with Gasteiger partial charge in [0.2, 0.25) is 0 Å². The predicted octanol–water partition coefficient (Wildman–Crippen LogP) is 4.06. The molecule has 0 spiro atoms. The average Bonchev–Trinajstić information content (AvgIpc) is 2.29. The van der Waals surface area contributed by atoms with E-state index in [1.165, 1.54) is 0 Å². The van der Waals surface area contributed by atoms with E-state index in [1.807, 2.05) is 30.4 Å². The summed E-state index contributed by atoms with van der Waals surface area (Å²) in [5, 5.41) is 4.01. The average molecular weight is 238 g/mol. The lowest BCUT2D eigenvalue weighted by molar-refractivity contribution is 0.415. The Labute approximate surface area is 99.1 Å². The van der Waals surface area contributed by atoms with Crippen molar-refractivity contribution >= 4 is 17.7 Å². The Kier molecular flexibility index (Phi) is 5.26. The molecule has 0 fully saturated rings. The SMILES string of the molecule is COc1ccc(C=CCCN=[N+]=[N-])cc1Cl. The molecule has 0 saturated carbocycles. The number of methoxy groups -OCH3 is 1. The molecule has 5 heteroatoms. The Morgan fingerprint density at radius 1 is 1.56 bits per heavy atom. The van der Waals surface area contributed by atoms with Crippen LogP contribution in [-0.4, -0.2) is 13.7 Å². The molecule has 0 N–H and O–H groups in total. The van der Waals surface area contributed by atoms with Gasteiger partial charge < -0.3 is 4.74 Å². The zero-order chi connectivity index (χ0) is 11.8. The molecule has 0 aromatic heterocycles. The summed E-state index contributed by atoms with van der Waals surface area (Å²) in [5.74, 6) is 0.660. The van der Waals surface area contributed by atoms with Crippen molar-refractivity contribution in [3.8, 4) is 5.75 Å². The minimum absolute atomic E-state index is 0.469. The molecule has 1 aromatic rings. The van der Waals surface area contributed by atoms with Crippen molar-refractivity contribution in [2.24, 2.45) is 5.11 Å². The molecule has 0 unspecified atom stereocenters. The molecule has 0 amide bonds. The van der Waals surface area contributed by atoms with Gasteiger partial charge in [0.15, 0.2) is 0 Å². The van der Waals surface area contributed by atoms with E-state index in [1.54, 1.807) is 7.11 Å². The Balaban J connectivity index is 2.60. The van der Waals surface area contributed by atoms with E-state index in [0.717, 1.165) is 5.56 Å². The molecule has 0 bridgehead atoms. The fraction of sp³-hybridized carbons (Fsp3) is 0.273. The second-order valence-corrected chi connectivity index (χ2v) is 3.45. The third-order valence-electron chi connectivity index (χ3n) is 1.95. The first-order valence-corrected chi connectivity index (χ1v) is 5.16. The lowest BCUT2D eigenvalue weighted by Crippen LogP contribution is -1.84. The Hall–Kier alpha value is -1.64. The van der Waals surface area contributed by atoms with Crippen LogP contribution < -0.4 is 4.74 Å². The summed E-state index contributed by atoms with van der Waals surface area (Å²) in [4.78, 5) is 2.67. The van der Waals surface area contributed by atoms with Crippen LogP contribution in [0.3, 0.4) is 0 Å². The van der Waals surface area contributed by atoms with Crippen molar-refractivity contribution in [2.45, 2.75) is 6.42 Å². The van der Waals surface area contributed by atoms with Crippen LogP contribution in [0.2, 0.25) is 5.02 Å². The highest BCUT2D eigenvalue weighted by atomic mass is 35.5. The van der Waals surface area contributed by atoms with Crippen molar-refractivity contribution < 1.29 is 4.74 Å². The van der Waals surface area contributed by atoms with Crippen molar-refractivity contribution in [3.05, 3.63) is 45.3 Å². The van der Waals surface area contributed by atoms with Crippen molar-refractivity contribution in [1.29, 1.82) is 0 Å². The standard InChI is InChI=1S/C11H12ClN3O/c1-16-11-6-5-9(8-10(11)12)4-2-3-7-14-15-13/h2,4-6,8H,3,7H2,1H3. The molecule has 0 aliphatic heterocycles. The number of benzene rings is 1. The van der Waals surface area contributed by atoms with Gasteiger partial charge in [-0.1, -0.05) is 34.9 Å². The minimum atomic E-state index is 0.469. The highest BCUT2D eigenvalue weighted by molar-refractivity contribution is 6.32. The molecular formula is C11H12ClN3O. The van der Waals surface area contributed by atoms with Crippen LogP contribution in [0.5, 0.6) is 5.75 Å². The van der Waals surface area contributed by atoms with E-state index in [2.05, 4.69) is 10.0 Å². The lowest BCUT2D eigenvalue weighted by atomic mass is 10.2. The highest BCUT2D eigenvalue weighted by Gasteiger charge is 1.98. The van der Waals surface area contributed by atoms with Gasteiger partial charge in [-0.25, -0.2) is 0 Å². The number of rotatable bonds is 5. The van der Waals surface area contributed by atoms with Gasteiger partial charge in [-0.3, -0.25) is 0 Å². The summed E-state index contributed by atoms with van der Waals surface area (Å²) >= 11 is 5.97. The maximum absolute atomic E-state index is 8.08. The molecule has 4 nitrogen and oxygen atoms in total. The third-order valence-corrected chi connectivity index (χ3v) is 2.24. The Bertz CT molecular complexity index is 425. The smallest absolute Gasteiger partial charge is 0.137 e. The first-order chi connectivity index (χ1) is 7.77. The summed E-state index contributed by atoms with van der Waals surface area (Å²) in [6.45, 7) is 0.469. The first-order valence-electron chi connectivity index (χ1n) is 4.79. The summed E-state index contributed by atoms with van der Waals surface area (Å²) in [7, 11) is 1.58. The number of ether oxygens (including phenoxy) is 1. The molecule has 16 heavy (non-hydrogen) atoms. The van der Waals surface area contributed by atoms with Gasteiger partial charge in [0.1, 0.15) is 5.75 Å². The van der Waals surface area contributed by atoms with Crippen LogP contribution in [0.4, 0.5) is 0 Å². The molecule has 0 heterocycles. The molecule has 0 aliphatic carbocycles. The molecule has 1 rings (SSSR count). The third kappa shape index (κ3) is 3.85. The summed E-state index contributed by atoms with van der Waals surface area (Å²) in [6.07, 6.45) is 4.58. The second-order valence-electron chi connectivity index (χ2n) is 3.04. The van der Waals surface area contributed by atoms with E-state index in [-0.39, 0.29) is 0 Å². The first kappa shape index (κ1) is 12.4. The topological polar surface area (TPSA) is 58.0 Å². The largest absolute Gasteiger partial charge is 0.495 e. The molecule has 0 aliphatic rings. The number of hydrogen-bond donors (Lipinski definition) is 0. The second kappa shape index (κ2) is 6.77. The van der Waals surface area contributed by atoms with Gasteiger partial charge in [-0.05, 0) is 29.6 Å². The molecule has 0 saturated heterocycles. The molecule has 84 valence electrons. The van der Waals surface area contributed by atoms with Gasteiger partial charge in [0, 0.05) is 11.5 Å². The molecular weight excluding hydrogens is 226 g/mol. The monoisotopic (exact) mass is 237 g/mol. The maximum atomic E-state index is 8.08. The van der Waals surface area contributed by atoms with E-state index >= 15 is 0 Å². The van der Waals surface area contributed by atoms with Gasteiger partial charge in [-0.2, -0.15) is 0 Å². The lowest BCUT2D eigenvalue weighted by Gasteiger charge is -2.02. The number of halogens is 1. The Morgan fingerprint density at radius 2 is 2.38 bits per heavy atom. The van der Waals surface area contributed by atoms with Crippen LogP contribution in [0, 0.1) is 0 Å². The van der Waals surface area contributed by atoms with Crippen molar-refractivity contribution in [3.63, 3.8) is 0 Å². The normalized spacial score (nSPS) is 10.1. The minimum Gasteiger partial charge on any atom is -0.495 e. The van der Waals surface area contributed by atoms with Crippen LogP contribution in [0.15, 0.2) is 29.4 Å². The van der Waals surface area contributed by atoms with Crippen LogP contribution in [-0.2, 0) is 0 Å². The zero-order valence-corrected chi connectivity index (χ0v) is 9.68. The Morgan fingerprint density at radius 3 is 3.00 bits per heavy atom. The summed E-state index contributed by atoms with van der Waals surface area (Å²) in [6, 6.07) is 5.55. The van der Waals surface area contributed by atoms with Crippen LogP contribution in [0.25, 0.3) is 16.5 Å². The van der Waals surface area contributed by atoms with Crippen molar-refractivity contribution in [2.75, 3.05) is 13.7 Å². The maximum Gasteiger partial charge on any atom is 0.137 e. The summed E-state index contributed by atoms with van der Waals surface area (Å²) in [5.41, 5.74) is 9.07. The predicted molar refractivity (Wildman–Crippen MR) is 65.7 cm³/mol. The molecule has 0 atom stereocenters. The van der Waals surface area contributed by atoms with Crippen LogP contribution >= 0.6 is 11.6 Å². The van der Waals surface area contributed by atoms with Gasteiger partial charge in [0.25, 0.3) is 0 Å². The van der Waals surface area contributed by atoms with E-state index in [9.17, 15) is 0 Å². The van der Waals surface area contributed by atoms with Gasteiger partial charge in [0.05, 0.1) is 12.1 Å². The number of azide groups is 1. The van der Waals surface area contributed by atoms with Gasteiger partial charge in [-0.15, -0.1) is 0 Å². The van der Waals surface area contributed by atoms with Gasteiger partial charge >= 0.3 is 0 Å². The van der Waals surface area contributed by atoms with Crippen LogP contribution in [0.1, 0.15) is 12.0 Å². The summed E-state index contributed by atoms with van der Waals surface area (Å²) < 4.78 is 5.05. The van der Waals surface area contributed by atoms with E-state index in [0.29, 0.717) is 23.7 Å². The zero-order valence-electron chi connectivity index (χ0n) is 8.93. The van der Waals surface area contributed by atoms with E-state index in [4.69, 9.17) is 21.9 Å². The molecule has 1 aromatic carbocycles. The fourth-order valence-corrected chi connectivity index (χ4v) is 1.45. The fourth-order valence-electron chi connectivity index (χ4n) is 1.18. The van der Waals surface area contributed by atoms with Crippen molar-refractivity contribution in [1.82, 2.24) is 0 Å². The highest BCUT2D eigenvalue weighted by Crippen LogP contribution is 2.25. The number of nitrogens with zero attached hydrogens (tertiary/aromatic N) is 3. The molecule has 0 radical (unpaired) electrons. The quantitative estimate of drug-likeness (QED) is 0.330.